The molecule has 1 saturated heterocycles. The average Bonchev–Trinajstić information content (AvgIpc) is 2.53. The Morgan fingerprint density at radius 3 is 2.30 bits per heavy atom. The molecule has 7 nitrogen and oxygen atoms in total. The summed E-state index contributed by atoms with van der Waals surface area (Å²) in [6.45, 7) is 7.32. The van der Waals surface area contributed by atoms with Crippen molar-refractivity contribution in [3.05, 3.63) is 29.8 Å². The molecule has 0 saturated carbocycles. The number of piperazine rings is 1. The Hall–Kier alpha value is -2.12. The maximum Gasteiger partial charge on any atom is 0.410 e. The first-order valence-corrected chi connectivity index (χ1v) is 7.65. The quantitative estimate of drug-likeness (QED) is 0.627. The van der Waals surface area contributed by atoms with Gasteiger partial charge < -0.3 is 14.5 Å². The number of carbonyl (C=O) groups excluding carboxylic acids is 2. The van der Waals surface area contributed by atoms with Crippen LogP contribution in [0.2, 0.25) is 0 Å². The zero-order valence-corrected chi connectivity index (χ0v) is 13.8. The number of hydrogen-bond acceptors (Lipinski definition) is 4. The summed E-state index contributed by atoms with van der Waals surface area (Å²) in [5, 5.41) is 9.03. The van der Waals surface area contributed by atoms with Crippen molar-refractivity contribution in [1.29, 1.82) is 0 Å². The van der Waals surface area contributed by atoms with Crippen LogP contribution in [0, 0.1) is 0 Å². The lowest BCUT2D eigenvalue weighted by Crippen LogP contribution is -2.73. The molecule has 2 rings (SSSR count). The number of nitrogens with zero attached hydrogens (tertiary/aromatic N) is 2. The van der Waals surface area contributed by atoms with E-state index in [0.29, 0.717) is 37.4 Å². The molecule has 23 heavy (non-hydrogen) atoms. The molecule has 3 N–H and O–H groups in total. The van der Waals surface area contributed by atoms with Gasteiger partial charge in [0.2, 0.25) is 0 Å². The van der Waals surface area contributed by atoms with E-state index in [-0.39, 0.29) is 12.0 Å². The van der Waals surface area contributed by atoms with Crippen LogP contribution in [0.15, 0.2) is 24.3 Å². The van der Waals surface area contributed by atoms with Crippen molar-refractivity contribution < 1.29 is 25.0 Å². The number of benzene rings is 1. The first kappa shape index (κ1) is 17.2. The molecule has 2 amide bonds. The maximum absolute atomic E-state index is 12.5. The zero-order chi connectivity index (χ0) is 17.0. The molecule has 0 radical (unpaired) electrons. The monoisotopic (exact) mass is 322 g/mol. The molecule has 0 aromatic heterocycles. The van der Waals surface area contributed by atoms with Crippen molar-refractivity contribution in [2.24, 2.45) is 0 Å². The van der Waals surface area contributed by atoms with Gasteiger partial charge in [-0.15, -0.1) is 0 Å². The highest BCUT2D eigenvalue weighted by molar-refractivity contribution is 5.95. The van der Waals surface area contributed by atoms with E-state index < -0.39 is 5.60 Å². The highest BCUT2D eigenvalue weighted by atomic mass is 16.6. The number of amides is 2. The van der Waals surface area contributed by atoms with Crippen molar-refractivity contribution in [2.75, 3.05) is 26.2 Å². The van der Waals surface area contributed by atoms with Crippen molar-refractivity contribution in [1.82, 2.24) is 9.80 Å². The predicted molar refractivity (Wildman–Crippen MR) is 83.5 cm³/mol. The topological polar surface area (TPSA) is 86.7 Å². The predicted octanol–water partition coefficient (Wildman–Crippen LogP) is 0.964. The summed E-state index contributed by atoms with van der Waals surface area (Å²) in [5.41, 5.74) is 1.56. The molecule has 126 valence electrons. The Morgan fingerprint density at radius 2 is 1.74 bits per heavy atom. The number of hydrogen-bond donors (Lipinski definition) is 2. The van der Waals surface area contributed by atoms with Crippen molar-refractivity contribution >= 4 is 17.7 Å². The lowest BCUT2D eigenvalue weighted by molar-refractivity contribution is -0.825. The van der Waals surface area contributed by atoms with Crippen LogP contribution in [0.1, 0.15) is 31.1 Å². The van der Waals surface area contributed by atoms with Crippen LogP contribution in [-0.4, -0.2) is 58.8 Å². The van der Waals surface area contributed by atoms with E-state index in [9.17, 15) is 9.59 Å². The van der Waals surface area contributed by atoms with Crippen LogP contribution in [-0.2, 0) is 4.74 Å². The number of nitrogens with two attached hydrogens (primary N) is 1. The second-order valence-corrected chi connectivity index (χ2v) is 6.51. The third-order valence-corrected chi connectivity index (χ3v) is 3.50. The van der Waals surface area contributed by atoms with Crippen LogP contribution in [0.25, 0.3) is 0 Å². The van der Waals surface area contributed by atoms with Crippen LogP contribution in [0.4, 0.5) is 10.5 Å². The van der Waals surface area contributed by atoms with Crippen molar-refractivity contribution in [2.45, 2.75) is 26.4 Å². The fraction of sp³-hybridized carbons (Fsp3) is 0.500. The summed E-state index contributed by atoms with van der Waals surface area (Å²) < 4.78 is 5.34. The van der Waals surface area contributed by atoms with Crippen LogP contribution in [0.3, 0.4) is 0 Å². The lowest BCUT2D eigenvalue weighted by atomic mass is 10.1. The molecule has 1 aromatic carbocycles. The molecule has 0 aliphatic carbocycles. The Bertz CT molecular complexity index is 575. The largest absolute Gasteiger partial charge is 0.444 e. The molecule has 0 unspecified atom stereocenters. The summed E-state index contributed by atoms with van der Waals surface area (Å²) in [6, 6.07) is 6.81. The van der Waals surface area contributed by atoms with Crippen LogP contribution >= 0.6 is 0 Å². The second-order valence-electron chi connectivity index (χ2n) is 6.51. The van der Waals surface area contributed by atoms with Crippen molar-refractivity contribution in [3.63, 3.8) is 0 Å². The number of carbonyl (C=O) groups is 2. The summed E-state index contributed by atoms with van der Waals surface area (Å²) in [7, 11) is 0. The molecular weight excluding hydrogens is 298 g/mol. The molecule has 7 heteroatoms. The van der Waals surface area contributed by atoms with Gasteiger partial charge in [-0.3, -0.25) is 4.79 Å². The summed E-state index contributed by atoms with van der Waals surface area (Å²) in [6.07, 6.45) is -0.346. The van der Waals surface area contributed by atoms with Gasteiger partial charge in [-0.25, -0.2) is 10.0 Å². The van der Waals surface area contributed by atoms with Crippen molar-refractivity contribution in [3.8, 4) is 0 Å². The Labute approximate surface area is 135 Å². The summed E-state index contributed by atoms with van der Waals surface area (Å²) in [5.74, 6) is -0.0995. The lowest BCUT2D eigenvalue weighted by Gasteiger charge is -2.35. The van der Waals surface area contributed by atoms with Gasteiger partial charge in [0.1, 0.15) is 5.60 Å². The van der Waals surface area contributed by atoms with Crippen LogP contribution < -0.4 is 5.48 Å². The van der Waals surface area contributed by atoms with Gasteiger partial charge in [0.05, 0.1) is 0 Å². The summed E-state index contributed by atoms with van der Waals surface area (Å²) >= 11 is 0. The zero-order valence-electron chi connectivity index (χ0n) is 13.8. The fourth-order valence-electron chi connectivity index (χ4n) is 2.35. The van der Waals surface area contributed by atoms with Gasteiger partial charge in [0.25, 0.3) is 5.91 Å². The maximum atomic E-state index is 12.5. The van der Waals surface area contributed by atoms with Gasteiger partial charge in [-0.1, -0.05) is 6.07 Å². The second kappa shape index (κ2) is 6.97. The molecule has 0 spiro atoms. The average molecular weight is 322 g/mol. The van der Waals surface area contributed by atoms with Gasteiger partial charge in [-0.05, 0) is 26.8 Å². The summed E-state index contributed by atoms with van der Waals surface area (Å²) in [4.78, 5) is 27.8. The molecule has 1 aliphatic rings. The third-order valence-electron chi connectivity index (χ3n) is 3.50. The van der Waals surface area contributed by atoms with E-state index >= 15 is 0 Å². The van der Waals surface area contributed by atoms with Gasteiger partial charge >= 0.3 is 6.09 Å². The molecule has 1 aromatic rings. The minimum absolute atomic E-state index is 0.0995. The number of quaternary nitrogens is 1. The number of ether oxygens (including phenoxy) is 1. The van der Waals surface area contributed by atoms with E-state index in [1.807, 2.05) is 20.8 Å². The SMILES string of the molecule is CC(C)(C)OC(=O)N1CCN(C(=O)c2cccc([NH2+]O)c2)CC1. The van der Waals surface area contributed by atoms with Crippen LogP contribution in [0.5, 0.6) is 0 Å². The van der Waals surface area contributed by atoms with Gasteiger partial charge in [0, 0.05) is 43.9 Å². The van der Waals surface area contributed by atoms with E-state index in [0.717, 1.165) is 5.48 Å². The van der Waals surface area contributed by atoms with E-state index in [1.165, 1.54) is 0 Å². The normalized spacial score (nSPS) is 15.5. The Balaban J connectivity index is 1.93. The van der Waals surface area contributed by atoms with E-state index in [2.05, 4.69) is 0 Å². The number of rotatable bonds is 2. The highest BCUT2D eigenvalue weighted by Gasteiger charge is 2.28. The van der Waals surface area contributed by atoms with Gasteiger partial charge in [-0.2, -0.15) is 5.48 Å². The Kier molecular flexibility index (Phi) is 5.23. The first-order chi connectivity index (χ1) is 10.8. The smallest absolute Gasteiger partial charge is 0.410 e. The highest BCUT2D eigenvalue weighted by Crippen LogP contribution is 2.14. The molecule has 1 aliphatic heterocycles. The fourth-order valence-corrected chi connectivity index (χ4v) is 2.35. The third kappa shape index (κ3) is 4.67. The molecule has 0 atom stereocenters. The molecule has 0 bridgehead atoms. The minimum atomic E-state index is -0.523. The van der Waals surface area contributed by atoms with Gasteiger partial charge in [0.15, 0.2) is 5.69 Å². The Morgan fingerprint density at radius 1 is 1.13 bits per heavy atom. The van der Waals surface area contributed by atoms with E-state index in [1.54, 1.807) is 34.1 Å². The minimum Gasteiger partial charge on any atom is -0.444 e. The molecule has 1 heterocycles. The standard InChI is InChI=1S/C16H23N3O4/c1-16(2,3)23-15(21)19-9-7-18(8-10-19)14(20)12-5-4-6-13(11-12)17-22/h4-6,11,17,22H,7-10H2,1-3H3/p+1. The van der Waals surface area contributed by atoms with E-state index in [4.69, 9.17) is 9.94 Å². The first-order valence-electron chi connectivity index (χ1n) is 7.65. The molecular formula is C16H24N3O4+. The molecule has 1 fully saturated rings.